The van der Waals surface area contributed by atoms with Crippen molar-refractivity contribution in [3.05, 3.63) is 65.5 Å². The van der Waals surface area contributed by atoms with Crippen molar-refractivity contribution in [2.75, 3.05) is 18.4 Å². The van der Waals surface area contributed by atoms with Gasteiger partial charge in [0.25, 0.3) is 0 Å². The molecular formula is C20H23FN2O3S. The van der Waals surface area contributed by atoms with Gasteiger partial charge in [-0.25, -0.2) is 17.1 Å². The molecule has 1 fully saturated rings. The van der Waals surface area contributed by atoms with Crippen LogP contribution >= 0.6 is 0 Å². The van der Waals surface area contributed by atoms with Crippen LogP contribution < -0.4 is 5.32 Å². The molecule has 1 aliphatic heterocycles. The minimum Gasteiger partial charge on any atom is -0.326 e. The Morgan fingerprint density at radius 3 is 2.74 bits per heavy atom. The summed E-state index contributed by atoms with van der Waals surface area (Å²) < 4.78 is 40.3. The van der Waals surface area contributed by atoms with Crippen molar-refractivity contribution < 1.29 is 17.6 Å². The average Bonchev–Trinajstić information content (AvgIpc) is 2.64. The molecule has 0 bridgehead atoms. The van der Waals surface area contributed by atoms with Gasteiger partial charge in [0.2, 0.25) is 15.9 Å². The third kappa shape index (κ3) is 4.93. The lowest BCUT2D eigenvalue weighted by Gasteiger charge is -2.31. The highest BCUT2D eigenvalue weighted by Crippen LogP contribution is 2.23. The second-order valence-electron chi connectivity index (χ2n) is 6.88. The number of rotatable bonds is 5. The molecule has 1 aliphatic rings. The van der Waals surface area contributed by atoms with Gasteiger partial charge < -0.3 is 5.32 Å². The first-order valence-electron chi connectivity index (χ1n) is 8.94. The van der Waals surface area contributed by atoms with Crippen LogP contribution in [-0.4, -0.2) is 31.7 Å². The van der Waals surface area contributed by atoms with Gasteiger partial charge in [0.1, 0.15) is 5.82 Å². The summed E-state index contributed by atoms with van der Waals surface area (Å²) in [7, 11) is -3.51. The van der Waals surface area contributed by atoms with Crippen molar-refractivity contribution in [3.63, 3.8) is 0 Å². The number of nitrogens with zero attached hydrogens (tertiary/aromatic N) is 1. The van der Waals surface area contributed by atoms with Crippen LogP contribution in [-0.2, 0) is 20.6 Å². The van der Waals surface area contributed by atoms with E-state index in [0.29, 0.717) is 25.1 Å². The average molecular weight is 390 g/mol. The number of benzene rings is 2. The lowest BCUT2D eigenvalue weighted by molar-refractivity contribution is -0.120. The Labute approximate surface area is 159 Å². The summed E-state index contributed by atoms with van der Waals surface area (Å²) >= 11 is 0. The molecule has 2 aromatic rings. The van der Waals surface area contributed by atoms with Crippen LogP contribution in [0.1, 0.15) is 24.0 Å². The summed E-state index contributed by atoms with van der Waals surface area (Å²) in [6.07, 6.45) is 1.23. The number of nitrogens with one attached hydrogen (secondary N) is 1. The highest BCUT2D eigenvalue weighted by atomic mass is 32.2. The fraction of sp³-hybridized carbons (Fsp3) is 0.350. The summed E-state index contributed by atoms with van der Waals surface area (Å²) in [6.45, 7) is 2.45. The maximum absolute atomic E-state index is 13.3. The van der Waals surface area contributed by atoms with Crippen molar-refractivity contribution in [2.45, 2.75) is 25.5 Å². The summed E-state index contributed by atoms with van der Waals surface area (Å²) in [5.41, 5.74) is 2.07. The number of halogens is 1. The van der Waals surface area contributed by atoms with Crippen LogP contribution in [0.3, 0.4) is 0 Å². The number of carbonyl (C=O) groups excluding carboxylic acids is 1. The minimum absolute atomic E-state index is 0.0715. The van der Waals surface area contributed by atoms with Gasteiger partial charge in [-0.3, -0.25) is 4.79 Å². The van der Waals surface area contributed by atoms with E-state index in [2.05, 4.69) is 5.32 Å². The molecule has 5 nitrogen and oxygen atoms in total. The minimum atomic E-state index is -3.51. The van der Waals surface area contributed by atoms with Crippen LogP contribution in [0.2, 0.25) is 0 Å². The van der Waals surface area contributed by atoms with Crippen LogP contribution in [0.5, 0.6) is 0 Å². The van der Waals surface area contributed by atoms with Crippen molar-refractivity contribution in [3.8, 4) is 0 Å². The molecule has 27 heavy (non-hydrogen) atoms. The Hall–Kier alpha value is -2.25. The van der Waals surface area contributed by atoms with E-state index >= 15 is 0 Å². The molecular weight excluding hydrogens is 367 g/mol. The SMILES string of the molecule is Cc1ccccc1CS(=O)(=O)N1CCC[C@@H](C(=O)Nc2cccc(F)c2)C1. The maximum Gasteiger partial charge on any atom is 0.228 e. The number of amides is 1. The fourth-order valence-electron chi connectivity index (χ4n) is 3.28. The summed E-state index contributed by atoms with van der Waals surface area (Å²) in [4.78, 5) is 12.5. The Morgan fingerprint density at radius 2 is 2.00 bits per heavy atom. The van der Waals surface area contributed by atoms with E-state index in [1.54, 1.807) is 6.07 Å². The largest absolute Gasteiger partial charge is 0.326 e. The van der Waals surface area contributed by atoms with E-state index in [1.165, 1.54) is 22.5 Å². The molecule has 1 saturated heterocycles. The van der Waals surface area contributed by atoms with Crippen molar-refractivity contribution in [2.24, 2.45) is 5.92 Å². The standard InChI is InChI=1S/C20H23FN2O3S/c1-15-6-2-3-7-17(15)14-27(25,26)23-11-5-8-16(13-23)20(24)22-19-10-4-9-18(21)12-19/h2-4,6-7,9-10,12,16H,5,8,11,13-14H2,1H3,(H,22,24)/t16-/m1/s1. The van der Waals surface area contributed by atoms with E-state index in [9.17, 15) is 17.6 Å². The third-order valence-corrected chi connectivity index (χ3v) is 6.63. The lowest BCUT2D eigenvalue weighted by Crippen LogP contribution is -2.44. The van der Waals surface area contributed by atoms with Crippen LogP contribution in [0, 0.1) is 18.7 Å². The third-order valence-electron chi connectivity index (χ3n) is 4.84. The molecule has 0 spiro atoms. The Morgan fingerprint density at radius 1 is 1.22 bits per heavy atom. The predicted octanol–water partition coefficient (Wildman–Crippen LogP) is 3.31. The Balaban J connectivity index is 1.68. The van der Waals surface area contributed by atoms with Crippen LogP contribution in [0.4, 0.5) is 10.1 Å². The van der Waals surface area contributed by atoms with E-state index < -0.39 is 21.8 Å². The van der Waals surface area contributed by atoms with Crippen molar-refractivity contribution >= 4 is 21.6 Å². The normalized spacial score (nSPS) is 18.2. The van der Waals surface area contributed by atoms with E-state index in [0.717, 1.165) is 11.1 Å². The fourth-order valence-corrected chi connectivity index (χ4v) is 4.99. The summed E-state index contributed by atoms with van der Waals surface area (Å²) in [6, 6.07) is 13.1. The number of aryl methyl sites for hydroxylation is 1. The van der Waals surface area contributed by atoms with Gasteiger partial charge in [0.05, 0.1) is 11.7 Å². The highest BCUT2D eigenvalue weighted by Gasteiger charge is 2.32. The zero-order valence-corrected chi connectivity index (χ0v) is 16.0. The monoisotopic (exact) mass is 390 g/mol. The van der Waals surface area contributed by atoms with Crippen LogP contribution in [0.25, 0.3) is 0 Å². The molecule has 3 rings (SSSR count). The van der Waals surface area contributed by atoms with Gasteiger partial charge in [-0.1, -0.05) is 30.3 Å². The van der Waals surface area contributed by atoms with E-state index in [1.807, 2.05) is 31.2 Å². The molecule has 1 atom stereocenters. The molecule has 0 radical (unpaired) electrons. The molecule has 1 heterocycles. The van der Waals surface area contributed by atoms with E-state index in [-0.39, 0.29) is 18.2 Å². The van der Waals surface area contributed by atoms with Gasteiger partial charge in [-0.15, -0.1) is 0 Å². The molecule has 1 amide bonds. The van der Waals surface area contributed by atoms with E-state index in [4.69, 9.17) is 0 Å². The second-order valence-corrected chi connectivity index (χ2v) is 8.85. The summed E-state index contributed by atoms with van der Waals surface area (Å²) in [5, 5.41) is 2.68. The van der Waals surface area contributed by atoms with Crippen molar-refractivity contribution in [1.29, 1.82) is 0 Å². The lowest BCUT2D eigenvalue weighted by atomic mass is 9.99. The van der Waals surface area contributed by atoms with Gasteiger partial charge in [0, 0.05) is 18.8 Å². The van der Waals surface area contributed by atoms with Gasteiger partial charge in [-0.05, 0) is 49.1 Å². The van der Waals surface area contributed by atoms with Crippen LogP contribution in [0.15, 0.2) is 48.5 Å². The van der Waals surface area contributed by atoms with Gasteiger partial charge >= 0.3 is 0 Å². The topological polar surface area (TPSA) is 66.5 Å². The molecule has 0 aliphatic carbocycles. The zero-order valence-electron chi connectivity index (χ0n) is 15.2. The molecule has 7 heteroatoms. The number of sulfonamides is 1. The molecule has 1 N–H and O–H groups in total. The number of carbonyl (C=O) groups is 1. The molecule has 2 aromatic carbocycles. The molecule has 144 valence electrons. The number of hydrogen-bond acceptors (Lipinski definition) is 3. The number of hydrogen-bond donors (Lipinski definition) is 1. The molecule has 0 unspecified atom stereocenters. The van der Waals surface area contributed by atoms with Gasteiger partial charge in [-0.2, -0.15) is 0 Å². The van der Waals surface area contributed by atoms with Gasteiger partial charge in [0.15, 0.2) is 0 Å². The zero-order chi connectivity index (χ0) is 19.4. The number of piperidine rings is 1. The second kappa shape index (κ2) is 8.19. The predicted molar refractivity (Wildman–Crippen MR) is 103 cm³/mol. The number of anilines is 1. The molecule has 0 aromatic heterocycles. The van der Waals surface area contributed by atoms with Crippen molar-refractivity contribution in [1.82, 2.24) is 4.31 Å². The molecule has 0 saturated carbocycles. The first kappa shape index (κ1) is 19.5. The smallest absolute Gasteiger partial charge is 0.228 e. The summed E-state index contributed by atoms with van der Waals surface area (Å²) in [5.74, 6) is -1.23. The highest BCUT2D eigenvalue weighted by molar-refractivity contribution is 7.88. The Kier molecular flexibility index (Phi) is 5.92. The Bertz CT molecular complexity index is 930. The quantitative estimate of drug-likeness (QED) is 0.852. The maximum atomic E-state index is 13.3. The first-order chi connectivity index (χ1) is 12.8. The first-order valence-corrected chi connectivity index (χ1v) is 10.5.